The molecule has 1 aliphatic heterocycles. The summed E-state index contributed by atoms with van der Waals surface area (Å²) in [6.45, 7) is 4.97. The second-order valence-electron chi connectivity index (χ2n) is 7.70. The maximum atomic E-state index is 13.8. The van der Waals surface area contributed by atoms with Crippen LogP contribution in [-0.2, 0) is 4.79 Å². The van der Waals surface area contributed by atoms with Crippen molar-refractivity contribution >= 4 is 11.8 Å². The van der Waals surface area contributed by atoms with E-state index in [4.69, 9.17) is 0 Å². The van der Waals surface area contributed by atoms with Crippen LogP contribution in [-0.4, -0.2) is 56.8 Å². The average molecular weight is 402 g/mol. The van der Waals surface area contributed by atoms with Gasteiger partial charge in [0.2, 0.25) is 5.91 Å². The number of rotatable bonds is 4. The summed E-state index contributed by atoms with van der Waals surface area (Å²) in [6.07, 6.45) is 3.22. The van der Waals surface area contributed by atoms with Crippen LogP contribution < -0.4 is 0 Å². The molecule has 1 N–H and O–H groups in total. The van der Waals surface area contributed by atoms with Crippen molar-refractivity contribution in [2.45, 2.75) is 31.8 Å². The normalized spacial score (nSPS) is 19.2. The molecule has 154 valence electrons. The fourth-order valence-corrected chi connectivity index (χ4v) is 4.19. The SMILES string of the molecule is C[C@@H]1[C@@H](C)N(C(=O)C(c2ccccc2)c2ccccc2)CCN1C(=O)c1ncc[nH]1. The first-order valence-electron chi connectivity index (χ1n) is 10.3. The number of imidazole rings is 1. The number of H-pyrrole nitrogens is 1. The van der Waals surface area contributed by atoms with E-state index in [0.29, 0.717) is 18.9 Å². The molecular weight excluding hydrogens is 376 g/mol. The Kier molecular flexibility index (Phi) is 5.65. The number of nitrogens with zero attached hydrogens (tertiary/aromatic N) is 3. The molecule has 0 radical (unpaired) electrons. The highest BCUT2D eigenvalue weighted by Gasteiger charge is 2.39. The molecule has 2 atom stereocenters. The van der Waals surface area contributed by atoms with E-state index >= 15 is 0 Å². The lowest BCUT2D eigenvalue weighted by atomic mass is 9.88. The van der Waals surface area contributed by atoms with Gasteiger partial charge in [0.15, 0.2) is 5.82 Å². The van der Waals surface area contributed by atoms with Crippen molar-refractivity contribution in [2.24, 2.45) is 0 Å². The third-order valence-corrected chi connectivity index (χ3v) is 6.02. The molecule has 6 nitrogen and oxygen atoms in total. The summed E-state index contributed by atoms with van der Waals surface area (Å²) < 4.78 is 0. The Morgan fingerprint density at radius 2 is 1.43 bits per heavy atom. The third-order valence-electron chi connectivity index (χ3n) is 6.02. The van der Waals surface area contributed by atoms with Crippen LogP contribution >= 0.6 is 0 Å². The molecule has 0 saturated carbocycles. The van der Waals surface area contributed by atoms with Gasteiger partial charge in [0.25, 0.3) is 5.91 Å². The summed E-state index contributed by atoms with van der Waals surface area (Å²) in [6, 6.07) is 19.5. The lowest BCUT2D eigenvalue weighted by molar-refractivity contribution is -0.137. The number of aromatic amines is 1. The Morgan fingerprint density at radius 3 is 1.97 bits per heavy atom. The van der Waals surface area contributed by atoms with E-state index in [1.54, 1.807) is 17.3 Å². The molecule has 3 aromatic rings. The van der Waals surface area contributed by atoms with E-state index in [0.717, 1.165) is 11.1 Å². The van der Waals surface area contributed by atoms with Crippen molar-refractivity contribution in [3.8, 4) is 0 Å². The quantitative estimate of drug-likeness (QED) is 0.728. The highest BCUT2D eigenvalue weighted by molar-refractivity contribution is 5.91. The predicted octanol–water partition coefficient (Wildman–Crippen LogP) is 3.30. The molecule has 2 amide bonds. The van der Waals surface area contributed by atoms with Gasteiger partial charge in [0, 0.05) is 37.6 Å². The van der Waals surface area contributed by atoms with Crippen LogP contribution in [0.4, 0.5) is 0 Å². The highest BCUT2D eigenvalue weighted by Crippen LogP contribution is 2.30. The first-order chi connectivity index (χ1) is 14.6. The average Bonchev–Trinajstić information content (AvgIpc) is 3.32. The molecule has 2 heterocycles. The molecule has 0 aliphatic carbocycles. The van der Waals surface area contributed by atoms with Crippen LogP contribution in [0.25, 0.3) is 0 Å². The number of carbonyl (C=O) groups is 2. The fraction of sp³-hybridized carbons (Fsp3) is 0.292. The molecule has 30 heavy (non-hydrogen) atoms. The molecule has 6 heteroatoms. The number of hydrogen-bond acceptors (Lipinski definition) is 3. The highest BCUT2D eigenvalue weighted by atomic mass is 16.2. The lowest BCUT2D eigenvalue weighted by Crippen LogP contribution is -2.61. The van der Waals surface area contributed by atoms with Gasteiger partial charge in [-0.3, -0.25) is 9.59 Å². The first kappa shape index (κ1) is 19.9. The van der Waals surface area contributed by atoms with Crippen LogP contribution in [0, 0.1) is 0 Å². The maximum Gasteiger partial charge on any atom is 0.290 e. The molecule has 0 bridgehead atoms. The van der Waals surface area contributed by atoms with E-state index in [-0.39, 0.29) is 29.8 Å². The van der Waals surface area contributed by atoms with Gasteiger partial charge in [-0.05, 0) is 25.0 Å². The van der Waals surface area contributed by atoms with E-state index in [1.165, 1.54) is 0 Å². The smallest absolute Gasteiger partial charge is 0.290 e. The molecular formula is C24H26N4O2. The molecule has 1 aliphatic rings. The molecule has 0 unspecified atom stereocenters. The second-order valence-corrected chi connectivity index (χ2v) is 7.70. The van der Waals surface area contributed by atoms with Crippen molar-refractivity contribution in [3.63, 3.8) is 0 Å². The lowest BCUT2D eigenvalue weighted by Gasteiger charge is -2.45. The topological polar surface area (TPSA) is 69.3 Å². The summed E-state index contributed by atoms with van der Waals surface area (Å²) in [4.78, 5) is 37.2. The summed E-state index contributed by atoms with van der Waals surface area (Å²) in [5.41, 5.74) is 1.95. The number of hydrogen-bond donors (Lipinski definition) is 1. The largest absolute Gasteiger partial charge is 0.341 e. The van der Waals surface area contributed by atoms with E-state index in [9.17, 15) is 9.59 Å². The third kappa shape index (κ3) is 3.73. The van der Waals surface area contributed by atoms with Gasteiger partial charge in [-0.2, -0.15) is 0 Å². The molecule has 4 rings (SSSR count). The zero-order valence-corrected chi connectivity index (χ0v) is 17.2. The number of nitrogens with one attached hydrogen (secondary N) is 1. The maximum absolute atomic E-state index is 13.8. The van der Waals surface area contributed by atoms with Crippen LogP contribution in [0.3, 0.4) is 0 Å². The van der Waals surface area contributed by atoms with Gasteiger partial charge >= 0.3 is 0 Å². The zero-order valence-electron chi connectivity index (χ0n) is 17.2. The minimum atomic E-state index is -0.366. The predicted molar refractivity (Wildman–Crippen MR) is 115 cm³/mol. The Labute approximate surface area is 176 Å². The van der Waals surface area contributed by atoms with Gasteiger partial charge in [-0.25, -0.2) is 4.98 Å². The Hall–Kier alpha value is -3.41. The Bertz CT molecular complexity index is 949. The monoisotopic (exact) mass is 402 g/mol. The van der Waals surface area contributed by atoms with Gasteiger partial charge in [0.1, 0.15) is 0 Å². The second kappa shape index (κ2) is 8.53. The fourth-order valence-electron chi connectivity index (χ4n) is 4.19. The van der Waals surface area contributed by atoms with Crippen molar-refractivity contribution < 1.29 is 9.59 Å². The minimum Gasteiger partial charge on any atom is -0.341 e. The zero-order chi connectivity index (χ0) is 21.1. The van der Waals surface area contributed by atoms with Crippen LogP contribution in [0.5, 0.6) is 0 Å². The van der Waals surface area contributed by atoms with Crippen molar-refractivity contribution in [3.05, 3.63) is 90.0 Å². The summed E-state index contributed by atoms with van der Waals surface area (Å²) in [7, 11) is 0. The number of benzene rings is 2. The summed E-state index contributed by atoms with van der Waals surface area (Å²) in [5.74, 6) is -0.0967. The number of aromatic nitrogens is 2. The van der Waals surface area contributed by atoms with Crippen LogP contribution in [0.2, 0.25) is 0 Å². The molecule has 2 aromatic carbocycles. The minimum absolute atomic E-state index is 0.0665. The summed E-state index contributed by atoms with van der Waals surface area (Å²) >= 11 is 0. The Morgan fingerprint density at radius 1 is 0.900 bits per heavy atom. The van der Waals surface area contributed by atoms with E-state index in [1.807, 2.05) is 79.4 Å². The van der Waals surface area contributed by atoms with Gasteiger partial charge < -0.3 is 14.8 Å². The first-order valence-corrected chi connectivity index (χ1v) is 10.3. The molecule has 1 fully saturated rings. The molecule has 1 aromatic heterocycles. The van der Waals surface area contributed by atoms with Crippen LogP contribution in [0.15, 0.2) is 73.1 Å². The van der Waals surface area contributed by atoms with Gasteiger partial charge in [-0.15, -0.1) is 0 Å². The van der Waals surface area contributed by atoms with Gasteiger partial charge in [0.05, 0.1) is 5.92 Å². The Balaban J connectivity index is 1.59. The molecule has 0 spiro atoms. The van der Waals surface area contributed by atoms with Crippen LogP contribution in [0.1, 0.15) is 41.5 Å². The molecule has 1 saturated heterocycles. The number of carbonyl (C=O) groups excluding carboxylic acids is 2. The van der Waals surface area contributed by atoms with Crippen molar-refractivity contribution in [2.75, 3.05) is 13.1 Å². The van der Waals surface area contributed by atoms with Crippen molar-refractivity contribution in [1.82, 2.24) is 19.8 Å². The van der Waals surface area contributed by atoms with E-state index in [2.05, 4.69) is 9.97 Å². The number of piperazine rings is 1. The number of amides is 2. The van der Waals surface area contributed by atoms with Crippen molar-refractivity contribution in [1.29, 1.82) is 0 Å². The standard InChI is InChI=1S/C24H26N4O2/c1-17-18(2)28(24(30)22-25-13-14-26-22)16-15-27(17)23(29)21(19-9-5-3-6-10-19)20-11-7-4-8-12-20/h3-14,17-18,21H,15-16H2,1-2H3,(H,25,26)/t17-,18-/m1/s1. The summed E-state index contributed by atoms with van der Waals surface area (Å²) in [5, 5.41) is 0. The van der Waals surface area contributed by atoms with E-state index < -0.39 is 0 Å². The van der Waals surface area contributed by atoms with Gasteiger partial charge in [-0.1, -0.05) is 60.7 Å².